The van der Waals surface area contributed by atoms with Crippen LogP contribution in [0.4, 0.5) is 39.5 Å². The third-order valence-corrected chi connectivity index (χ3v) is 19.1. The molecular weight excluding hydrogens is 1500 g/mol. The molecule has 0 atom stereocenters. The lowest BCUT2D eigenvalue weighted by atomic mass is 10.2. The summed E-state index contributed by atoms with van der Waals surface area (Å²) in [4.78, 5) is 48.9. The van der Waals surface area contributed by atoms with Crippen molar-refractivity contribution in [1.82, 2.24) is 60.4 Å². The average molecular weight is 1540 g/mol. The molecule has 512 valence electrons. The number of H-pyrrole nitrogens is 1. The number of hydrogen-bond donors (Lipinski definition) is 2. The van der Waals surface area contributed by atoms with Crippen molar-refractivity contribution in [3.8, 4) is 62.5 Å². The smallest absolute Gasteiger partial charge is 0.497 e. The first-order chi connectivity index (χ1) is 46.6. The van der Waals surface area contributed by atoms with Crippen LogP contribution in [0.15, 0.2) is 147 Å². The van der Waals surface area contributed by atoms with E-state index in [0.29, 0.717) is 69.9 Å². The Morgan fingerprint density at radius 3 is 1.20 bits per heavy atom. The van der Waals surface area contributed by atoms with E-state index in [1.54, 1.807) is 47.2 Å². The zero-order valence-electron chi connectivity index (χ0n) is 49.4. The van der Waals surface area contributed by atoms with Crippen molar-refractivity contribution in [2.24, 2.45) is 0 Å². The van der Waals surface area contributed by atoms with Gasteiger partial charge in [0.1, 0.15) is 38.8 Å². The van der Waals surface area contributed by atoms with Crippen LogP contribution in [0.1, 0.15) is 42.6 Å². The van der Waals surface area contributed by atoms with Crippen LogP contribution in [-0.4, -0.2) is 131 Å². The highest BCUT2D eigenvalue weighted by Crippen LogP contribution is 2.42. The Morgan fingerprint density at radius 1 is 0.500 bits per heavy atom. The number of ether oxygens (including phenoxy) is 7. The van der Waals surface area contributed by atoms with Gasteiger partial charge in [0, 0.05) is 32.8 Å². The number of carboxylic acid groups (broad SMARTS) is 1. The third-order valence-electron chi connectivity index (χ3n) is 12.2. The second kappa shape index (κ2) is 32.2. The van der Waals surface area contributed by atoms with Gasteiger partial charge in [0.2, 0.25) is 17.1 Å². The molecule has 0 saturated carbocycles. The second-order valence-electron chi connectivity index (χ2n) is 18.6. The van der Waals surface area contributed by atoms with Gasteiger partial charge < -0.3 is 38.3 Å². The van der Waals surface area contributed by atoms with E-state index in [2.05, 4.69) is 69.9 Å². The van der Waals surface area contributed by atoms with Crippen LogP contribution in [0, 0.1) is 0 Å². The van der Waals surface area contributed by atoms with Crippen molar-refractivity contribution in [2.75, 3.05) is 28.4 Å². The number of benzene rings is 5. The fourth-order valence-corrected chi connectivity index (χ4v) is 14.0. The Hall–Kier alpha value is -8.89. The standard InChI is InChI=1S/C22H16ClF3N4O4S2.C21H14ClF3N4O4S2.C14H8ClF3N4O3S2/c1-32-14-6-3-12(4-7-14)10-30-19(18(28-29-30)20(31)33-2)36-21-27-16(11-35-21)13-5-8-17(15(23)9-13)34-22(24,25)26;1-32-13-5-2-11(3-6-13)9-29-18(17(19(30)31)27-28-29)35-20-26-15(10-34-20)12-4-7-16(14(22)8-12)33-21(23,24)25;1-24-12(23)10-11(21-22-20-10)27-13-19-8(5-26-13)6-2-3-9(7(15)4-6)25-14(16,17)18/h3-9,11H,10H2,1-2H3;2-8,10H,9H2,1H3,(H,30,31);2-5H,1H3,(H,20,21,22). The molecule has 11 aromatic rings. The zero-order chi connectivity index (χ0) is 70.6. The summed E-state index contributed by atoms with van der Waals surface area (Å²) in [7, 11) is 5.60. The molecule has 0 saturated heterocycles. The Balaban J connectivity index is 0.000000174. The summed E-state index contributed by atoms with van der Waals surface area (Å²) >= 11 is 24.8. The maximum atomic E-state index is 12.5. The lowest BCUT2D eigenvalue weighted by molar-refractivity contribution is -0.275. The van der Waals surface area contributed by atoms with Gasteiger partial charge >= 0.3 is 37.0 Å². The van der Waals surface area contributed by atoms with Crippen molar-refractivity contribution in [1.29, 1.82) is 0 Å². The third kappa shape index (κ3) is 19.9. The quantitative estimate of drug-likeness (QED) is 0.0499. The van der Waals surface area contributed by atoms with Crippen LogP contribution in [-0.2, 0) is 22.6 Å². The summed E-state index contributed by atoms with van der Waals surface area (Å²) in [5.74, 6) is -2.67. The van der Waals surface area contributed by atoms with Gasteiger partial charge in [-0.1, -0.05) is 69.5 Å². The lowest BCUT2D eigenvalue weighted by Crippen LogP contribution is -2.17. The summed E-state index contributed by atoms with van der Waals surface area (Å²) in [6, 6.07) is 26.1. The molecule has 0 fully saturated rings. The molecule has 0 spiro atoms. The molecule has 5 aromatic carbocycles. The molecule has 41 heteroatoms. The van der Waals surface area contributed by atoms with Gasteiger partial charge in [-0.3, -0.25) is 0 Å². The molecule has 23 nitrogen and oxygen atoms in total. The van der Waals surface area contributed by atoms with E-state index in [9.17, 15) is 59.0 Å². The Labute approximate surface area is 584 Å². The highest BCUT2D eigenvalue weighted by Gasteiger charge is 2.35. The first kappa shape index (κ1) is 73.4. The number of nitrogens with one attached hydrogen (secondary N) is 1. The highest BCUT2D eigenvalue weighted by molar-refractivity contribution is 8.01. The fraction of sp³-hybridized carbons (Fsp3) is 0.158. The molecule has 98 heavy (non-hydrogen) atoms. The van der Waals surface area contributed by atoms with E-state index < -0.39 is 54.2 Å². The van der Waals surface area contributed by atoms with Gasteiger partial charge in [-0.25, -0.2) is 38.7 Å². The maximum absolute atomic E-state index is 12.5. The van der Waals surface area contributed by atoms with Crippen molar-refractivity contribution in [3.63, 3.8) is 0 Å². The number of carbonyl (C=O) groups is 3. The van der Waals surface area contributed by atoms with Crippen LogP contribution >= 0.6 is 104 Å². The number of methoxy groups -OCH3 is 4. The van der Waals surface area contributed by atoms with Crippen LogP contribution in [0.3, 0.4) is 0 Å². The number of esters is 2. The highest BCUT2D eigenvalue weighted by atomic mass is 35.5. The van der Waals surface area contributed by atoms with E-state index in [4.69, 9.17) is 49.0 Å². The Bertz CT molecular complexity index is 4610. The molecular formula is C57H38Cl3F9N12O11S6. The molecule has 0 aliphatic carbocycles. The molecule has 0 aliphatic heterocycles. The number of hydrogen-bond acceptors (Lipinski definition) is 25. The van der Waals surface area contributed by atoms with Crippen LogP contribution in [0.5, 0.6) is 28.7 Å². The minimum Gasteiger partial charge on any atom is -0.497 e. The topological polar surface area (TPSA) is 278 Å². The summed E-state index contributed by atoms with van der Waals surface area (Å²) < 4.78 is 148. The van der Waals surface area contributed by atoms with Crippen LogP contribution in [0.25, 0.3) is 33.8 Å². The number of alkyl halides is 9. The van der Waals surface area contributed by atoms with Crippen molar-refractivity contribution in [2.45, 2.75) is 60.3 Å². The van der Waals surface area contributed by atoms with Gasteiger partial charge in [-0.2, -0.15) is 5.21 Å². The van der Waals surface area contributed by atoms with E-state index >= 15 is 0 Å². The first-order valence-corrected chi connectivity index (χ1v) is 32.8. The van der Waals surface area contributed by atoms with Crippen molar-refractivity contribution >= 4 is 122 Å². The molecule has 0 aliphatic rings. The van der Waals surface area contributed by atoms with Gasteiger partial charge in [0.15, 0.2) is 18.0 Å². The number of aromatic nitrogens is 12. The molecule has 2 N–H and O–H groups in total. The Morgan fingerprint density at radius 2 is 0.857 bits per heavy atom. The van der Waals surface area contributed by atoms with Crippen molar-refractivity contribution < 1.29 is 92.2 Å². The minimum atomic E-state index is -4.86. The van der Waals surface area contributed by atoms with E-state index in [1.165, 1.54) is 89.3 Å². The van der Waals surface area contributed by atoms with Gasteiger partial charge in [-0.15, -0.1) is 93.9 Å². The number of nitrogens with zero attached hydrogens (tertiary/aromatic N) is 11. The number of rotatable bonds is 21. The average Bonchev–Trinajstić information content (AvgIpc) is 1.58. The first-order valence-electron chi connectivity index (χ1n) is 26.6. The second-order valence-corrected chi connectivity index (χ2v) is 26.1. The van der Waals surface area contributed by atoms with E-state index in [0.717, 1.165) is 64.6 Å². The van der Waals surface area contributed by atoms with E-state index in [-0.39, 0.29) is 48.7 Å². The zero-order valence-corrected chi connectivity index (χ0v) is 56.6. The number of aromatic amines is 1. The number of carboxylic acids is 1. The summed E-state index contributed by atoms with van der Waals surface area (Å²) in [5, 5.41) is 40.7. The molecule has 6 heterocycles. The van der Waals surface area contributed by atoms with Crippen LogP contribution < -0.4 is 23.7 Å². The van der Waals surface area contributed by atoms with Gasteiger partial charge in [-0.05, 0) is 125 Å². The molecule has 6 aromatic heterocycles. The number of aromatic carboxylic acids is 1. The van der Waals surface area contributed by atoms with Crippen LogP contribution in [0.2, 0.25) is 15.1 Å². The minimum absolute atomic E-state index is 0.0240. The summed E-state index contributed by atoms with van der Waals surface area (Å²) in [6.07, 6.45) is -14.5. The number of halogens is 12. The number of thiazole rings is 3. The van der Waals surface area contributed by atoms with Crippen molar-refractivity contribution in [3.05, 3.63) is 163 Å². The number of carbonyl (C=O) groups excluding carboxylic acids is 2. The lowest BCUT2D eigenvalue weighted by Gasteiger charge is -2.10. The molecule has 0 radical (unpaired) electrons. The Kier molecular flexibility index (Phi) is 24.1. The normalized spacial score (nSPS) is 11.4. The monoisotopic (exact) mass is 1530 g/mol. The fourth-order valence-electron chi connectivity index (χ4n) is 7.87. The molecule has 0 amide bonds. The molecule has 11 rings (SSSR count). The predicted molar refractivity (Wildman–Crippen MR) is 340 cm³/mol. The predicted octanol–water partition coefficient (Wildman–Crippen LogP) is 16.2. The summed E-state index contributed by atoms with van der Waals surface area (Å²) in [5.41, 5.74) is 4.47. The maximum Gasteiger partial charge on any atom is 0.573 e. The SMILES string of the molecule is COC(=O)c1n[nH]nc1Sc1nc(-c2ccc(OC(F)(F)F)c(Cl)c2)cs1.COC(=O)c1nnn(Cc2ccc(OC)cc2)c1Sc1nc(-c2ccc(OC(F)(F)F)c(Cl)c2)cs1.COc1ccc(Cn2nnc(C(=O)O)c2Sc2nc(-c3ccc(OC(F)(F)F)c(Cl)c3)cs2)cc1. The largest absolute Gasteiger partial charge is 0.573 e. The molecule has 0 unspecified atom stereocenters. The molecule has 0 bridgehead atoms. The summed E-state index contributed by atoms with van der Waals surface area (Å²) in [6.45, 7) is 0.589. The van der Waals surface area contributed by atoms with E-state index in [1.807, 2.05) is 36.4 Å². The van der Waals surface area contributed by atoms with Gasteiger partial charge in [0.05, 0.1) is 73.7 Å². The van der Waals surface area contributed by atoms with Gasteiger partial charge in [0.25, 0.3) is 0 Å².